The molecule has 1 atom stereocenters. The Hall–Kier alpha value is -2.11. The van der Waals surface area contributed by atoms with Gasteiger partial charge in [-0.15, -0.1) is 0 Å². The Bertz CT molecular complexity index is 785. The SMILES string of the molecule is CCN1C(=S)C(=Nc2ccc(OC)cc2)C(c2ccccc2)C1=S. The van der Waals surface area contributed by atoms with E-state index in [1.165, 1.54) is 0 Å². The van der Waals surface area contributed by atoms with Crippen LogP contribution in [0.2, 0.25) is 0 Å². The predicted octanol–water partition coefficient (Wildman–Crippen LogP) is 4.54. The molecule has 3 nitrogen and oxygen atoms in total. The molecule has 1 aliphatic heterocycles. The zero-order chi connectivity index (χ0) is 17.1. The lowest BCUT2D eigenvalue weighted by molar-refractivity contribution is 0.415. The molecule has 3 rings (SSSR count). The summed E-state index contributed by atoms with van der Waals surface area (Å²) in [5.74, 6) is 0.731. The first kappa shape index (κ1) is 16.7. The molecule has 0 bridgehead atoms. The van der Waals surface area contributed by atoms with E-state index in [2.05, 4.69) is 19.1 Å². The average Bonchev–Trinajstić information content (AvgIpc) is 2.86. The van der Waals surface area contributed by atoms with Gasteiger partial charge in [-0.3, -0.25) is 0 Å². The lowest BCUT2D eigenvalue weighted by atomic mass is 9.96. The predicted molar refractivity (Wildman–Crippen MR) is 107 cm³/mol. The number of hydrogen-bond donors (Lipinski definition) is 0. The normalized spacial score (nSPS) is 19.2. The van der Waals surface area contributed by atoms with E-state index in [0.717, 1.165) is 34.2 Å². The van der Waals surface area contributed by atoms with Crippen LogP contribution in [0.4, 0.5) is 5.69 Å². The third-order valence-electron chi connectivity index (χ3n) is 4.02. The molecule has 0 spiro atoms. The molecule has 0 saturated carbocycles. The molecule has 1 heterocycles. The summed E-state index contributed by atoms with van der Waals surface area (Å²) >= 11 is 11.3. The number of likely N-dealkylation sites (tertiary alicyclic amines) is 1. The number of thiocarbonyl (C=S) groups is 2. The Balaban J connectivity index is 2.05. The number of benzene rings is 2. The molecule has 0 aromatic heterocycles. The van der Waals surface area contributed by atoms with Gasteiger partial charge in [0.05, 0.1) is 29.4 Å². The Morgan fingerprint density at radius 2 is 1.71 bits per heavy atom. The molecule has 0 amide bonds. The van der Waals surface area contributed by atoms with Gasteiger partial charge in [-0.1, -0.05) is 54.8 Å². The first-order chi connectivity index (χ1) is 11.7. The lowest BCUT2D eigenvalue weighted by Crippen LogP contribution is -2.28. The van der Waals surface area contributed by atoms with Crippen LogP contribution in [0.1, 0.15) is 18.4 Å². The van der Waals surface area contributed by atoms with Gasteiger partial charge in [0.2, 0.25) is 0 Å². The number of methoxy groups -OCH3 is 1. The first-order valence-corrected chi connectivity index (χ1v) is 8.60. The summed E-state index contributed by atoms with van der Waals surface area (Å²) in [7, 11) is 1.65. The molecule has 2 aromatic rings. The van der Waals surface area contributed by atoms with Gasteiger partial charge in [-0.25, -0.2) is 4.99 Å². The van der Waals surface area contributed by atoms with E-state index in [1.54, 1.807) is 7.11 Å². The summed E-state index contributed by atoms with van der Waals surface area (Å²) in [5, 5.41) is 0. The van der Waals surface area contributed by atoms with E-state index in [1.807, 2.05) is 47.4 Å². The van der Waals surface area contributed by atoms with Gasteiger partial charge in [0.15, 0.2) is 0 Å². The van der Waals surface area contributed by atoms with Crippen LogP contribution in [0.25, 0.3) is 0 Å². The van der Waals surface area contributed by atoms with Gasteiger partial charge in [0.25, 0.3) is 0 Å². The second-order valence-electron chi connectivity index (χ2n) is 5.43. The van der Waals surface area contributed by atoms with Gasteiger partial charge < -0.3 is 9.64 Å². The second-order valence-corrected chi connectivity index (χ2v) is 6.23. The number of rotatable bonds is 4. The zero-order valence-corrected chi connectivity index (χ0v) is 15.2. The fourth-order valence-corrected chi connectivity index (χ4v) is 3.71. The van der Waals surface area contributed by atoms with Crippen molar-refractivity contribution in [2.24, 2.45) is 4.99 Å². The van der Waals surface area contributed by atoms with Crippen molar-refractivity contribution in [1.82, 2.24) is 4.90 Å². The number of nitrogens with zero attached hydrogens (tertiary/aromatic N) is 2. The standard InChI is InChI=1S/C19H18N2OS2/c1-3-21-18(23)16(13-7-5-4-6-8-13)17(19(21)24)20-14-9-11-15(22-2)12-10-14/h4-12,16H,3H2,1-2H3. The molecule has 5 heteroatoms. The van der Waals surface area contributed by atoms with Crippen LogP contribution in [0.15, 0.2) is 59.6 Å². The van der Waals surface area contributed by atoms with Crippen LogP contribution in [-0.2, 0) is 0 Å². The molecule has 1 unspecified atom stereocenters. The van der Waals surface area contributed by atoms with Crippen LogP contribution < -0.4 is 4.74 Å². The van der Waals surface area contributed by atoms with Crippen LogP contribution in [0, 0.1) is 0 Å². The quantitative estimate of drug-likeness (QED) is 0.753. The monoisotopic (exact) mass is 354 g/mol. The molecule has 0 radical (unpaired) electrons. The fourth-order valence-electron chi connectivity index (χ4n) is 2.79. The van der Waals surface area contributed by atoms with E-state index in [0.29, 0.717) is 4.99 Å². The van der Waals surface area contributed by atoms with Crippen LogP contribution in [-0.4, -0.2) is 34.2 Å². The van der Waals surface area contributed by atoms with Crippen molar-refractivity contribution in [1.29, 1.82) is 0 Å². The summed E-state index contributed by atoms with van der Waals surface area (Å²) in [5.41, 5.74) is 2.80. The van der Waals surface area contributed by atoms with Crippen molar-refractivity contribution in [3.8, 4) is 5.75 Å². The van der Waals surface area contributed by atoms with Crippen molar-refractivity contribution in [2.45, 2.75) is 12.8 Å². The van der Waals surface area contributed by atoms with E-state index < -0.39 is 0 Å². The maximum Gasteiger partial charge on any atom is 0.129 e. The summed E-state index contributed by atoms with van der Waals surface area (Å²) in [4.78, 5) is 8.34. The summed E-state index contributed by atoms with van der Waals surface area (Å²) in [6, 6.07) is 17.8. The molecule has 0 N–H and O–H groups in total. The minimum Gasteiger partial charge on any atom is -0.497 e. The summed E-state index contributed by atoms with van der Waals surface area (Å²) < 4.78 is 5.20. The van der Waals surface area contributed by atoms with E-state index in [9.17, 15) is 0 Å². The topological polar surface area (TPSA) is 24.8 Å². The minimum atomic E-state index is -0.0734. The molecule has 1 saturated heterocycles. The summed E-state index contributed by atoms with van der Waals surface area (Å²) in [6.07, 6.45) is 0. The molecule has 24 heavy (non-hydrogen) atoms. The molecule has 122 valence electrons. The number of aliphatic imine (C=N–C) groups is 1. The molecule has 0 aliphatic carbocycles. The van der Waals surface area contributed by atoms with Gasteiger partial charge in [-0.05, 0) is 36.8 Å². The second kappa shape index (κ2) is 7.20. The van der Waals surface area contributed by atoms with Crippen molar-refractivity contribution in [3.05, 3.63) is 60.2 Å². The molecule has 2 aromatic carbocycles. The van der Waals surface area contributed by atoms with Gasteiger partial charge in [0, 0.05) is 6.54 Å². The van der Waals surface area contributed by atoms with Gasteiger partial charge in [0.1, 0.15) is 10.7 Å². The van der Waals surface area contributed by atoms with Crippen molar-refractivity contribution in [2.75, 3.05) is 13.7 Å². The zero-order valence-electron chi connectivity index (χ0n) is 13.6. The van der Waals surface area contributed by atoms with Gasteiger partial charge in [-0.2, -0.15) is 0 Å². The lowest BCUT2D eigenvalue weighted by Gasteiger charge is -2.15. The Kier molecular flexibility index (Phi) is 5.02. The van der Waals surface area contributed by atoms with Crippen LogP contribution in [0.5, 0.6) is 5.75 Å². The Morgan fingerprint density at radius 1 is 1.04 bits per heavy atom. The highest BCUT2D eigenvalue weighted by atomic mass is 32.1. The number of hydrogen-bond acceptors (Lipinski definition) is 4. The van der Waals surface area contributed by atoms with Gasteiger partial charge >= 0.3 is 0 Å². The molecule has 1 fully saturated rings. The average molecular weight is 355 g/mol. The molecular formula is C19H18N2OS2. The highest BCUT2D eigenvalue weighted by Crippen LogP contribution is 2.32. The number of likely N-dealkylation sites (N-methyl/N-ethyl adjacent to an activating group) is 1. The molecule has 1 aliphatic rings. The van der Waals surface area contributed by atoms with Crippen molar-refractivity contribution < 1.29 is 4.74 Å². The summed E-state index contributed by atoms with van der Waals surface area (Å²) in [6.45, 7) is 2.81. The van der Waals surface area contributed by atoms with Crippen LogP contribution in [0.3, 0.4) is 0 Å². The number of ether oxygens (including phenoxy) is 1. The smallest absolute Gasteiger partial charge is 0.129 e. The first-order valence-electron chi connectivity index (χ1n) is 7.79. The van der Waals surface area contributed by atoms with E-state index in [4.69, 9.17) is 34.2 Å². The highest BCUT2D eigenvalue weighted by molar-refractivity contribution is 7.83. The van der Waals surface area contributed by atoms with Crippen molar-refractivity contribution >= 4 is 45.8 Å². The fraction of sp³-hybridized carbons (Fsp3) is 0.211. The van der Waals surface area contributed by atoms with Crippen LogP contribution >= 0.6 is 24.4 Å². The molecular weight excluding hydrogens is 336 g/mol. The van der Waals surface area contributed by atoms with Crippen molar-refractivity contribution in [3.63, 3.8) is 0 Å². The third-order valence-corrected chi connectivity index (χ3v) is 4.91. The highest BCUT2D eigenvalue weighted by Gasteiger charge is 2.38. The maximum atomic E-state index is 5.69. The van der Waals surface area contributed by atoms with E-state index in [-0.39, 0.29) is 5.92 Å². The largest absolute Gasteiger partial charge is 0.497 e. The minimum absolute atomic E-state index is 0.0734. The Labute approximate surface area is 153 Å². The van der Waals surface area contributed by atoms with E-state index >= 15 is 0 Å². The third kappa shape index (κ3) is 3.09. The maximum absolute atomic E-state index is 5.69. The Morgan fingerprint density at radius 3 is 2.29 bits per heavy atom.